The Balaban J connectivity index is 1.68. The van der Waals surface area contributed by atoms with Crippen LogP contribution < -0.4 is 0 Å². The maximum absolute atomic E-state index is 15.0. The highest BCUT2D eigenvalue weighted by atomic mass is 19.1. The third kappa shape index (κ3) is 4.15. The standard InChI is InChI=1S/C28H16F2N4/c29-24-14-13-20(21-11-12-22(17-31)25(30)16-21)15-23(24)28-33-26(18-7-3-1-4-8-18)32-27(34-28)19-9-5-2-6-10-19/h1-16H. The second kappa shape index (κ2) is 9.00. The molecule has 5 aromatic rings. The van der Waals surface area contributed by atoms with Gasteiger partial charge in [0.15, 0.2) is 17.5 Å². The molecule has 0 aliphatic rings. The minimum absolute atomic E-state index is 0.0523. The Morgan fingerprint density at radius 1 is 0.529 bits per heavy atom. The zero-order valence-electron chi connectivity index (χ0n) is 17.8. The molecule has 0 radical (unpaired) electrons. The Labute approximate surface area is 194 Å². The van der Waals surface area contributed by atoms with E-state index in [4.69, 9.17) is 5.26 Å². The van der Waals surface area contributed by atoms with E-state index in [0.29, 0.717) is 22.8 Å². The molecular formula is C28H16F2N4. The monoisotopic (exact) mass is 446 g/mol. The molecule has 0 fully saturated rings. The van der Waals surface area contributed by atoms with Gasteiger partial charge in [-0.25, -0.2) is 23.7 Å². The molecule has 4 aromatic carbocycles. The van der Waals surface area contributed by atoms with Crippen LogP contribution in [0, 0.1) is 23.0 Å². The van der Waals surface area contributed by atoms with E-state index in [2.05, 4.69) is 15.0 Å². The highest BCUT2D eigenvalue weighted by Crippen LogP contribution is 2.30. The second-order valence-corrected chi connectivity index (χ2v) is 7.54. The molecular weight excluding hydrogens is 430 g/mol. The van der Waals surface area contributed by atoms with E-state index in [0.717, 1.165) is 11.1 Å². The number of rotatable bonds is 4. The molecule has 1 aromatic heterocycles. The number of nitriles is 1. The van der Waals surface area contributed by atoms with E-state index in [9.17, 15) is 4.39 Å². The summed E-state index contributed by atoms with van der Waals surface area (Å²) in [6.07, 6.45) is 0. The average Bonchev–Trinajstić information content (AvgIpc) is 2.89. The number of aromatic nitrogens is 3. The van der Waals surface area contributed by atoms with Gasteiger partial charge in [-0.15, -0.1) is 0 Å². The molecule has 4 nitrogen and oxygen atoms in total. The summed E-state index contributed by atoms with van der Waals surface area (Å²) in [4.78, 5) is 13.7. The molecule has 0 aliphatic carbocycles. The largest absolute Gasteiger partial charge is 0.208 e. The van der Waals surface area contributed by atoms with Crippen LogP contribution in [0.5, 0.6) is 0 Å². The van der Waals surface area contributed by atoms with Crippen LogP contribution in [-0.2, 0) is 0 Å². The summed E-state index contributed by atoms with van der Waals surface area (Å²) < 4.78 is 29.2. The Kier molecular flexibility index (Phi) is 5.59. The molecule has 6 heteroatoms. The van der Waals surface area contributed by atoms with E-state index < -0.39 is 11.6 Å². The maximum Gasteiger partial charge on any atom is 0.167 e. The van der Waals surface area contributed by atoms with Crippen LogP contribution in [0.4, 0.5) is 8.78 Å². The molecule has 0 spiro atoms. The molecule has 0 bridgehead atoms. The number of hydrogen-bond donors (Lipinski definition) is 0. The maximum atomic E-state index is 15.0. The third-order valence-electron chi connectivity index (χ3n) is 5.33. The fourth-order valence-corrected chi connectivity index (χ4v) is 3.59. The van der Waals surface area contributed by atoms with Crippen molar-refractivity contribution in [1.29, 1.82) is 5.26 Å². The summed E-state index contributed by atoms with van der Waals surface area (Å²) in [6, 6.07) is 29.3. The van der Waals surface area contributed by atoms with Crippen molar-refractivity contribution >= 4 is 0 Å². The number of benzene rings is 4. The van der Waals surface area contributed by atoms with Gasteiger partial charge in [-0.3, -0.25) is 0 Å². The lowest BCUT2D eigenvalue weighted by Gasteiger charge is -2.10. The normalized spacial score (nSPS) is 10.6. The van der Waals surface area contributed by atoms with Crippen LogP contribution in [0.25, 0.3) is 45.3 Å². The topological polar surface area (TPSA) is 62.5 Å². The van der Waals surface area contributed by atoms with Gasteiger partial charge in [0.25, 0.3) is 0 Å². The number of nitrogens with zero attached hydrogens (tertiary/aromatic N) is 4. The second-order valence-electron chi connectivity index (χ2n) is 7.54. The van der Waals surface area contributed by atoms with Gasteiger partial charge in [-0.1, -0.05) is 72.8 Å². The molecule has 1 heterocycles. The summed E-state index contributed by atoms with van der Waals surface area (Å²) in [5.74, 6) is -0.149. The quantitative estimate of drug-likeness (QED) is 0.309. The molecule has 5 rings (SSSR count). The van der Waals surface area contributed by atoms with Crippen LogP contribution in [0.15, 0.2) is 97.1 Å². The van der Waals surface area contributed by atoms with Gasteiger partial charge < -0.3 is 0 Å². The lowest BCUT2D eigenvalue weighted by Crippen LogP contribution is -2.01. The predicted octanol–water partition coefficient (Wildman–Crippen LogP) is 6.69. The molecule has 0 unspecified atom stereocenters. The lowest BCUT2D eigenvalue weighted by molar-refractivity contribution is 0.624. The first-order valence-corrected chi connectivity index (χ1v) is 10.5. The lowest BCUT2D eigenvalue weighted by atomic mass is 10.0. The Bertz CT molecular complexity index is 1470. The summed E-state index contributed by atoms with van der Waals surface area (Å²) in [6.45, 7) is 0. The van der Waals surface area contributed by atoms with Crippen LogP contribution in [0.1, 0.15) is 5.56 Å². The summed E-state index contributed by atoms with van der Waals surface area (Å²) in [5, 5.41) is 8.99. The minimum Gasteiger partial charge on any atom is -0.208 e. The van der Waals surface area contributed by atoms with Gasteiger partial charge in [0.2, 0.25) is 0 Å². The molecule has 34 heavy (non-hydrogen) atoms. The van der Waals surface area contributed by atoms with Gasteiger partial charge >= 0.3 is 0 Å². The fourth-order valence-electron chi connectivity index (χ4n) is 3.59. The summed E-state index contributed by atoms with van der Waals surface area (Å²) >= 11 is 0. The first-order valence-electron chi connectivity index (χ1n) is 10.5. The smallest absolute Gasteiger partial charge is 0.167 e. The number of halogens is 2. The van der Waals surface area contributed by atoms with Gasteiger partial charge in [-0.2, -0.15) is 5.26 Å². The molecule has 0 amide bonds. The molecule has 0 atom stereocenters. The summed E-state index contributed by atoms with van der Waals surface area (Å²) in [5.41, 5.74) is 2.74. The first kappa shape index (κ1) is 21.1. The number of hydrogen-bond acceptors (Lipinski definition) is 4. The van der Waals surface area contributed by atoms with Crippen molar-refractivity contribution in [2.75, 3.05) is 0 Å². The van der Waals surface area contributed by atoms with Crippen molar-refractivity contribution in [2.24, 2.45) is 0 Å². The highest BCUT2D eigenvalue weighted by Gasteiger charge is 2.16. The van der Waals surface area contributed by atoms with Crippen molar-refractivity contribution in [3.05, 3.63) is 114 Å². The van der Waals surface area contributed by atoms with E-state index in [1.165, 1.54) is 18.2 Å². The van der Waals surface area contributed by atoms with E-state index in [1.54, 1.807) is 24.3 Å². The molecule has 0 saturated carbocycles. The first-order chi connectivity index (χ1) is 16.6. The Morgan fingerprint density at radius 3 is 1.62 bits per heavy atom. The zero-order chi connectivity index (χ0) is 23.5. The van der Waals surface area contributed by atoms with Gasteiger partial charge in [-0.05, 0) is 35.4 Å². The molecule has 0 aliphatic heterocycles. The average molecular weight is 446 g/mol. The molecule has 0 N–H and O–H groups in total. The fraction of sp³-hybridized carbons (Fsp3) is 0. The van der Waals surface area contributed by atoms with Crippen LogP contribution in [0.3, 0.4) is 0 Å². The van der Waals surface area contributed by atoms with E-state index in [1.807, 2.05) is 60.7 Å². The van der Waals surface area contributed by atoms with Gasteiger partial charge in [0, 0.05) is 11.1 Å². The van der Waals surface area contributed by atoms with Gasteiger partial charge in [0.1, 0.15) is 17.7 Å². The van der Waals surface area contributed by atoms with Crippen LogP contribution >= 0.6 is 0 Å². The summed E-state index contributed by atoms with van der Waals surface area (Å²) in [7, 11) is 0. The van der Waals surface area contributed by atoms with Crippen molar-refractivity contribution in [1.82, 2.24) is 15.0 Å². The van der Waals surface area contributed by atoms with E-state index in [-0.39, 0.29) is 17.0 Å². The van der Waals surface area contributed by atoms with E-state index >= 15 is 4.39 Å². The van der Waals surface area contributed by atoms with Crippen molar-refractivity contribution in [2.45, 2.75) is 0 Å². The predicted molar refractivity (Wildman–Crippen MR) is 126 cm³/mol. The van der Waals surface area contributed by atoms with Crippen molar-refractivity contribution < 1.29 is 8.78 Å². The molecule has 162 valence electrons. The van der Waals surface area contributed by atoms with Crippen LogP contribution in [0.2, 0.25) is 0 Å². The van der Waals surface area contributed by atoms with Gasteiger partial charge in [0.05, 0.1) is 11.1 Å². The SMILES string of the molecule is N#Cc1ccc(-c2ccc(F)c(-c3nc(-c4ccccc4)nc(-c4ccccc4)n3)c2)cc1F. The Morgan fingerprint density at radius 2 is 1.06 bits per heavy atom. The minimum atomic E-state index is -0.635. The van der Waals surface area contributed by atoms with Crippen LogP contribution in [-0.4, -0.2) is 15.0 Å². The molecule has 0 saturated heterocycles. The zero-order valence-corrected chi connectivity index (χ0v) is 17.8. The van der Waals surface area contributed by atoms with Crippen molar-refractivity contribution in [3.63, 3.8) is 0 Å². The highest BCUT2D eigenvalue weighted by molar-refractivity contribution is 5.73. The van der Waals surface area contributed by atoms with Crippen molar-refractivity contribution in [3.8, 4) is 51.4 Å². The Hall–Kier alpha value is -4.76. The third-order valence-corrected chi connectivity index (χ3v) is 5.33.